The summed E-state index contributed by atoms with van der Waals surface area (Å²) in [7, 11) is 0. The van der Waals surface area contributed by atoms with E-state index in [4.69, 9.17) is 5.11 Å². The molecule has 3 nitrogen and oxygen atoms in total. The first kappa shape index (κ1) is 11.3. The molecule has 1 aliphatic carbocycles. The summed E-state index contributed by atoms with van der Waals surface area (Å²) in [6.45, 7) is -1.74. The number of aliphatic hydroxyl groups excluding tert-OH is 1. The van der Waals surface area contributed by atoms with E-state index < -0.39 is 19.1 Å². The number of alkyl halides is 2. The molecule has 0 fully saturated rings. The Hall–Kier alpha value is -1.23. The van der Waals surface area contributed by atoms with Gasteiger partial charge in [0.25, 0.3) is 5.92 Å². The van der Waals surface area contributed by atoms with Crippen molar-refractivity contribution in [1.29, 1.82) is 0 Å². The maximum absolute atomic E-state index is 12.8. The summed E-state index contributed by atoms with van der Waals surface area (Å²) in [5.41, 5.74) is 2.21. The average Bonchev–Trinajstić information content (AvgIpc) is 2.73. The summed E-state index contributed by atoms with van der Waals surface area (Å²) in [5, 5.41) is 11.0. The number of anilines is 1. The molecular formula is C11H14F2N2O. The van der Waals surface area contributed by atoms with E-state index in [-0.39, 0.29) is 0 Å². The van der Waals surface area contributed by atoms with Crippen LogP contribution in [-0.4, -0.2) is 29.2 Å². The number of hydrogen-bond donors (Lipinski definition) is 2. The summed E-state index contributed by atoms with van der Waals surface area (Å²) < 4.78 is 25.5. The Morgan fingerprint density at radius 2 is 2.19 bits per heavy atom. The number of pyridine rings is 1. The predicted molar refractivity (Wildman–Crippen MR) is 56.8 cm³/mol. The lowest BCUT2D eigenvalue weighted by Gasteiger charge is -2.14. The third-order valence-corrected chi connectivity index (χ3v) is 2.69. The van der Waals surface area contributed by atoms with Crippen LogP contribution in [0.2, 0.25) is 0 Å². The maximum atomic E-state index is 12.8. The Labute approximate surface area is 92.5 Å². The molecule has 0 saturated carbocycles. The highest BCUT2D eigenvalue weighted by Crippen LogP contribution is 2.22. The third-order valence-electron chi connectivity index (χ3n) is 2.69. The van der Waals surface area contributed by atoms with Crippen LogP contribution >= 0.6 is 0 Å². The fourth-order valence-corrected chi connectivity index (χ4v) is 1.79. The van der Waals surface area contributed by atoms with Crippen molar-refractivity contribution in [3.8, 4) is 0 Å². The Morgan fingerprint density at radius 3 is 2.94 bits per heavy atom. The molecule has 0 aromatic carbocycles. The second-order valence-corrected chi connectivity index (χ2v) is 4.02. The number of aromatic nitrogens is 1. The summed E-state index contributed by atoms with van der Waals surface area (Å²) in [4.78, 5) is 4.26. The standard InChI is InChI=1S/C11H14F2N2O/c12-11(13,7-16)6-14-10-5-4-8-2-1-3-9(8)15-10/h4-5,16H,1-3,6-7H2,(H,14,15). The number of fused-ring (bicyclic) bond motifs is 1. The van der Waals surface area contributed by atoms with Crippen LogP contribution in [0.3, 0.4) is 0 Å². The normalized spacial score (nSPS) is 14.9. The van der Waals surface area contributed by atoms with Gasteiger partial charge in [0.05, 0.1) is 6.54 Å². The lowest BCUT2D eigenvalue weighted by atomic mass is 10.2. The number of hydrogen-bond acceptors (Lipinski definition) is 3. The van der Waals surface area contributed by atoms with E-state index in [1.54, 1.807) is 6.07 Å². The van der Waals surface area contributed by atoms with Gasteiger partial charge in [-0.1, -0.05) is 6.07 Å². The Bertz CT molecular complexity index is 382. The van der Waals surface area contributed by atoms with Crippen LogP contribution < -0.4 is 5.32 Å². The molecule has 0 amide bonds. The highest BCUT2D eigenvalue weighted by atomic mass is 19.3. The lowest BCUT2D eigenvalue weighted by molar-refractivity contribution is -0.0373. The van der Waals surface area contributed by atoms with Gasteiger partial charge in [0, 0.05) is 5.69 Å². The summed E-state index contributed by atoms with van der Waals surface area (Å²) in [6.07, 6.45) is 3.02. The number of rotatable bonds is 4. The molecule has 0 atom stereocenters. The van der Waals surface area contributed by atoms with Gasteiger partial charge in [0.15, 0.2) is 0 Å². The molecule has 0 bridgehead atoms. The highest BCUT2D eigenvalue weighted by Gasteiger charge is 2.27. The van der Waals surface area contributed by atoms with E-state index in [2.05, 4.69) is 10.3 Å². The molecule has 16 heavy (non-hydrogen) atoms. The second-order valence-electron chi connectivity index (χ2n) is 4.02. The highest BCUT2D eigenvalue weighted by molar-refractivity contribution is 5.40. The zero-order valence-electron chi connectivity index (χ0n) is 8.84. The molecule has 2 N–H and O–H groups in total. The predicted octanol–water partition coefficient (Wildman–Crippen LogP) is 1.61. The van der Waals surface area contributed by atoms with Gasteiger partial charge >= 0.3 is 0 Å². The fraction of sp³-hybridized carbons (Fsp3) is 0.545. The zero-order chi connectivity index (χ0) is 11.6. The number of nitrogens with zero attached hydrogens (tertiary/aromatic N) is 1. The number of aryl methyl sites for hydroxylation is 2. The molecule has 1 aliphatic rings. The number of halogens is 2. The van der Waals surface area contributed by atoms with Gasteiger partial charge < -0.3 is 10.4 Å². The minimum Gasteiger partial charge on any atom is -0.390 e. The SMILES string of the molecule is OCC(F)(F)CNc1ccc2c(n1)CCC2. The molecule has 1 heterocycles. The van der Waals surface area contributed by atoms with E-state index in [0.29, 0.717) is 5.82 Å². The molecule has 1 aromatic rings. The zero-order valence-corrected chi connectivity index (χ0v) is 8.84. The van der Waals surface area contributed by atoms with Crippen LogP contribution in [0.1, 0.15) is 17.7 Å². The van der Waals surface area contributed by atoms with Crippen LogP contribution in [-0.2, 0) is 12.8 Å². The van der Waals surface area contributed by atoms with Crippen LogP contribution in [0.4, 0.5) is 14.6 Å². The largest absolute Gasteiger partial charge is 0.390 e. The molecule has 0 spiro atoms. The Balaban J connectivity index is 2.00. The fourth-order valence-electron chi connectivity index (χ4n) is 1.79. The molecule has 5 heteroatoms. The van der Waals surface area contributed by atoms with E-state index in [9.17, 15) is 8.78 Å². The monoisotopic (exact) mass is 228 g/mol. The molecule has 1 aromatic heterocycles. The summed E-state index contributed by atoms with van der Waals surface area (Å²) in [6, 6.07) is 3.63. The van der Waals surface area contributed by atoms with Crippen LogP contribution in [0, 0.1) is 0 Å². The summed E-state index contributed by atoms with van der Waals surface area (Å²) in [5.74, 6) is -2.64. The molecule has 88 valence electrons. The van der Waals surface area contributed by atoms with E-state index >= 15 is 0 Å². The van der Waals surface area contributed by atoms with Crippen LogP contribution in [0.5, 0.6) is 0 Å². The van der Waals surface area contributed by atoms with Gasteiger partial charge in [0.1, 0.15) is 12.4 Å². The summed E-state index contributed by atoms with van der Waals surface area (Å²) >= 11 is 0. The van der Waals surface area contributed by atoms with Crippen molar-refractivity contribution in [3.05, 3.63) is 23.4 Å². The van der Waals surface area contributed by atoms with Crippen molar-refractivity contribution in [3.63, 3.8) is 0 Å². The van der Waals surface area contributed by atoms with Crippen molar-refractivity contribution in [2.45, 2.75) is 25.2 Å². The molecule has 2 rings (SSSR count). The van der Waals surface area contributed by atoms with E-state index in [1.165, 1.54) is 5.56 Å². The Morgan fingerprint density at radius 1 is 1.38 bits per heavy atom. The van der Waals surface area contributed by atoms with Gasteiger partial charge in [-0.15, -0.1) is 0 Å². The van der Waals surface area contributed by atoms with Crippen LogP contribution in [0.25, 0.3) is 0 Å². The number of nitrogens with one attached hydrogen (secondary N) is 1. The first-order valence-electron chi connectivity index (χ1n) is 5.32. The molecule has 0 saturated heterocycles. The molecule has 0 unspecified atom stereocenters. The molecule has 0 aliphatic heterocycles. The van der Waals surface area contributed by atoms with E-state index in [0.717, 1.165) is 25.0 Å². The van der Waals surface area contributed by atoms with Crippen molar-refractivity contribution >= 4 is 5.82 Å². The smallest absolute Gasteiger partial charge is 0.287 e. The minimum atomic E-state index is -3.10. The number of aliphatic hydroxyl groups is 1. The van der Waals surface area contributed by atoms with Gasteiger partial charge in [-0.05, 0) is 30.9 Å². The van der Waals surface area contributed by atoms with Gasteiger partial charge in [-0.2, -0.15) is 0 Å². The quantitative estimate of drug-likeness (QED) is 0.823. The van der Waals surface area contributed by atoms with Crippen molar-refractivity contribution in [1.82, 2.24) is 4.98 Å². The first-order chi connectivity index (χ1) is 7.61. The van der Waals surface area contributed by atoms with Gasteiger partial charge in [-0.25, -0.2) is 13.8 Å². The van der Waals surface area contributed by atoms with Crippen molar-refractivity contribution in [2.75, 3.05) is 18.5 Å². The molecular weight excluding hydrogens is 214 g/mol. The third kappa shape index (κ3) is 2.47. The maximum Gasteiger partial charge on any atom is 0.287 e. The molecule has 0 radical (unpaired) electrons. The van der Waals surface area contributed by atoms with Gasteiger partial charge in [-0.3, -0.25) is 0 Å². The average molecular weight is 228 g/mol. The second kappa shape index (κ2) is 4.33. The van der Waals surface area contributed by atoms with Crippen molar-refractivity contribution in [2.24, 2.45) is 0 Å². The van der Waals surface area contributed by atoms with Crippen molar-refractivity contribution < 1.29 is 13.9 Å². The van der Waals surface area contributed by atoms with Gasteiger partial charge in [0.2, 0.25) is 0 Å². The lowest BCUT2D eigenvalue weighted by Crippen LogP contribution is -2.31. The topological polar surface area (TPSA) is 45.1 Å². The first-order valence-corrected chi connectivity index (χ1v) is 5.32. The minimum absolute atomic E-state index is 0.453. The van der Waals surface area contributed by atoms with E-state index in [1.807, 2.05) is 6.07 Å². The Kier molecular flexibility index (Phi) is 3.05. The van der Waals surface area contributed by atoms with Crippen LogP contribution in [0.15, 0.2) is 12.1 Å².